The van der Waals surface area contributed by atoms with E-state index in [1.807, 2.05) is 0 Å². The Morgan fingerprint density at radius 1 is 1.60 bits per heavy atom. The number of rotatable bonds is 3. The third-order valence-corrected chi connectivity index (χ3v) is 2.00. The van der Waals surface area contributed by atoms with Crippen molar-refractivity contribution in [3.05, 3.63) is 23.8 Å². The van der Waals surface area contributed by atoms with Gasteiger partial charge in [0.15, 0.2) is 0 Å². The fourth-order valence-corrected chi connectivity index (χ4v) is 1.11. The Morgan fingerprint density at radius 2 is 2.30 bits per heavy atom. The second kappa shape index (κ2) is 3.60. The Bertz CT molecular complexity index is 145. The van der Waals surface area contributed by atoms with E-state index in [0.717, 1.165) is 0 Å². The molecule has 1 fully saturated rings. The molecule has 1 aliphatic carbocycles. The summed E-state index contributed by atoms with van der Waals surface area (Å²) in [5.74, 6) is 0. The lowest BCUT2D eigenvalue weighted by atomic mass is 9.91. The molecule has 0 heteroatoms. The molecule has 1 saturated carbocycles. The predicted molar refractivity (Wildman–Crippen MR) is 46.0 cm³/mol. The van der Waals surface area contributed by atoms with Crippen LogP contribution in [0.3, 0.4) is 0 Å². The molecule has 0 aromatic heterocycles. The molecule has 0 radical (unpaired) electrons. The topological polar surface area (TPSA) is 0 Å². The van der Waals surface area contributed by atoms with Crippen LogP contribution in [0.15, 0.2) is 23.8 Å². The van der Waals surface area contributed by atoms with Crippen molar-refractivity contribution in [1.82, 2.24) is 0 Å². The van der Waals surface area contributed by atoms with Gasteiger partial charge in [0.2, 0.25) is 0 Å². The number of hydrogen-bond acceptors (Lipinski definition) is 0. The Hall–Kier alpha value is -0.520. The lowest BCUT2D eigenvalue weighted by Gasteiger charge is -2.15. The maximum absolute atomic E-state index is 3.87. The summed E-state index contributed by atoms with van der Waals surface area (Å²) in [6.45, 7) is 5.96. The van der Waals surface area contributed by atoms with Gasteiger partial charge in [-0.1, -0.05) is 17.2 Å². The summed E-state index contributed by atoms with van der Waals surface area (Å²) < 4.78 is 0. The maximum atomic E-state index is 3.87. The summed E-state index contributed by atoms with van der Waals surface area (Å²) in [4.78, 5) is 0. The highest BCUT2D eigenvalue weighted by Crippen LogP contribution is 2.25. The monoisotopic (exact) mass is 136 g/mol. The van der Waals surface area contributed by atoms with Gasteiger partial charge in [-0.2, -0.15) is 0 Å². The molecule has 0 aromatic carbocycles. The molecule has 0 aliphatic heterocycles. The maximum Gasteiger partial charge on any atom is -0.0291 e. The molecule has 0 N–H and O–H groups in total. The third-order valence-electron chi connectivity index (χ3n) is 2.00. The first-order chi connectivity index (χ1) is 4.79. The van der Waals surface area contributed by atoms with Crippen LogP contribution in [0.4, 0.5) is 0 Å². The van der Waals surface area contributed by atoms with Crippen molar-refractivity contribution >= 4 is 0 Å². The molecule has 0 atom stereocenters. The van der Waals surface area contributed by atoms with Crippen molar-refractivity contribution in [2.75, 3.05) is 0 Å². The van der Waals surface area contributed by atoms with Crippen LogP contribution in [0.1, 0.15) is 39.0 Å². The second-order valence-electron chi connectivity index (χ2n) is 3.21. The first-order valence-electron chi connectivity index (χ1n) is 4.11. The number of hydrogen-bond donors (Lipinski definition) is 0. The summed E-state index contributed by atoms with van der Waals surface area (Å²) >= 11 is 0. The quantitative estimate of drug-likeness (QED) is 0.521. The summed E-state index contributed by atoms with van der Waals surface area (Å²) in [5, 5.41) is 0. The van der Waals surface area contributed by atoms with Crippen LogP contribution >= 0.6 is 0 Å². The van der Waals surface area contributed by atoms with Crippen molar-refractivity contribution in [3.63, 3.8) is 0 Å². The highest BCUT2D eigenvalue weighted by molar-refractivity contribution is 5.10. The standard InChI is InChI=1S/C10H16/c1-9(2)5-3-6-10-7-4-8-10/h6H,1,3-5,7-8H2,2H3. The van der Waals surface area contributed by atoms with Crippen LogP contribution in [-0.2, 0) is 0 Å². The lowest BCUT2D eigenvalue weighted by molar-refractivity contribution is 0.655. The van der Waals surface area contributed by atoms with Crippen LogP contribution in [0.2, 0.25) is 0 Å². The molecule has 0 heterocycles. The molecule has 0 amide bonds. The van der Waals surface area contributed by atoms with Crippen molar-refractivity contribution in [2.45, 2.75) is 39.0 Å². The van der Waals surface area contributed by atoms with E-state index in [-0.39, 0.29) is 0 Å². The van der Waals surface area contributed by atoms with Gasteiger partial charge in [0.25, 0.3) is 0 Å². The molecule has 0 bridgehead atoms. The third kappa shape index (κ3) is 2.38. The Kier molecular flexibility index (Phi) is 2.73. The molecule has 0 spiro atoms. The predicted octanol–water partition coefficient (Wildman–Crippen LogP) is 3.45. The Morgan fingerprint density at radius 3 is 2.70 bits per heavy atom. The fourth-order valence-electron chi connectivity index (χ4n) is 1.11. The van der Waals surface area contributed by atoms with Crippen LogP contribution < -0.4 is 0 Å². The van der Waals surface area contributed by atoms with E-state index >= 15 is 0 Å². The zero-order valence-corrected chi connectivity index (χ0v) is 6.82. The molecule has 1 rings (SSSR count). The van der Waals surface area contributed by atoms with Gasteiger partial charge < -0.3 is 0 Å². The largest absolute Gasteiger partial charge is 0.100 e. The summed E-state index contributed by atoms with van der Waals surface area (Å²) in [6, 6.07) is 0. The van der Waals surface area contributed by atoms with E-state index in [9.17, 15) is 0 Å². The van der Waals surface area contributed by atoms with Crippen molar-refractivity contribution in [2.24, 2.45) is 0 Å². The van der Waals surface area contributed by atoms with Gasteiger partial charge in [0.05, 0.1) is 0 Å². The van der Waals surface area contributed by atoms with Gasteiger partial charge in [0.1, 0.15) is 0 Å². The normalized spacial score (nSPS) is 16.3. The first-order valence-corrected chi connectivity index (χ1v) is 4.11. The Labute approximate surface area is 63.6 Å². The van der Waals surface area contributed by atoms with Gasteiger partial charge >= 0.3 is 0 Å². The highest BCUT2D eigenvalue weighted by atomic mass is 14.1. The van der Waals surface area contributed by atoms with E-state index in [1.54, 1.807) is 5.57 Å². The molecule has 0 nitrogen and oxygen atoms in total. The van der Waals surface area contributed by atoms with Crippen LogP contribution in [0.5, 0.6) is 0 Å². The SMILES string of the molecule is C=C(C)CCC=C1CCC1. The van der Waals surface area contributed by atoms with E-state index in [2.05, 4.69) is 19.6 Å². The van der Waals surface area contributed by atoms with Gasteiger partial charge in [0, 0.05) is 0 Å². The van der Waals surface area contributed by atoms with Crippen LogP contribution in [0, 0.1) is 0 Å². The van der Waals surface area contributed by atoms with Gasteiger partial charge in [-0.25, -0.2) is 0 Å². The van der Waals surface area contributed by atoms with E-state index in [0.29, 0.717) is 0 Å². The zero-order chi connectivity index (χ0) is 7.40. The van der Waals surface area contributed by atoms with Crippen molar-refractivity contribution in [3.8, 4) is 0 Å². The van der Waals surface area contributed by atoms with Gasteiger partial charge in [-0.3, -0.25) is 0 Å². The molecule has 0 saturated heterocycles. The zero-order valence-electron chi connectivity index (χ0n) is 6.82. The Balaban J connectivity index is 2.09. The molecule has 1 aliphatic rings. The molecule has 0 unspecified atom stereocenters. The van der Waals surface area contributed by atoms with Gasteiger partial charge in [-0.05, 0) is 39.0 Å². The fraction of sp³-hybridized carbons (Fsp3) is 0.600. The van der Waals surface area contributed by atoms with Gasteiger partial charge in [-0.15, -0.1) is 6.58 Å². The summed E-state index contributed by atoms with van der Waals surface area (Å²) in [7, 11) is 0. The molecule has 0 aromatic rings. The highest BCUT2D eigenvalue weighted by Gasteiger charge is 2.06. The smallest absolute Gasteiger partial charge is 0.0291 e. The molecule has 56 valence electrons. The van der Waals surface area contributed by atoms with Crippen molar-refractivity contribution < 1.29 is 0 Å². The lowest BCUT2D eigenvalue weighted by Crippen LogP contribution is -1.95. The van der Waals surface area contributed by atoms with E-state index in [1.165, 1.54) is 37.7 Å². The summed E-state index contributed by atoms with van der Waals surface area (Å²) in [6.07, 6.45) is 8.90. The average Bonchev–Trinajstić information content (AvgIpc) is 1.75. The van der Waals surface area contributed by atoms with E-state index in [4.69, 9.17) is 0 Å². The van der Waals surface area contributed by atoms with E-state index < -0.39 is 0 Å². The first kappa shape index (κ1) is 7.59. The van der Waals surface area contributed by atoms with Crippen LogP contribution in [-0.4, -0.2) is 0 Å². The molecular formula is C10H16. The molecular weight excluding hydrogens is 120 g/mol. The second-order valence-corrected chi connectivity index (χ2v) is 3.21. The minimum absolute atomic E-state index is 1.17. The number of allylic oxidation sites excluding steroid dienone is 3. The van der Waals surface area contributed by atoms with Crippen LogP contribution in [0.25, 0.3) is 0 Å². The average molecular weight is 136 g/mol. The summed E-state index contributed by atoms with van der Waals surface area (Å²) in [5.41, 5.74) is 2.97. The molecule has 10 heavy (non-hydrogen) atoms. The minimum Gasteiger partial charge on any atom is -0.100 e. The van der Waals surface area contributed by atoms with Crippen molar-refractivity contribution in [1.29, 1.82) is 0 Å². The minimum atomic E-state index is 1.17.